The van der Waals surface area contributed by atoms with Crippen LogP contribution < -0.4 is 9.80 Å². The van der Waals surface area contributed by atoms with Gasteiger partial charge in [-0.2, -0.15) is 14.6 Å². The molecule has 10 nitrogen and oxygen atoms in total. The third kappa shape index (κ3) is 5.76. The average molecular weight is 597 g/mol. The number of nitrogens with zero attached hydrogens (tertiary/aromatic N) is 8. The minimum Gasteiger partial charge on any atom is -0.363 e. The van der Waals surface area contributed by atoms with Gasteiger partial charge in [0.2, 0.25) is 0 Å². The summed E-state index contributed by atoms with van der Waals surface area (Å²) in [5.41, 5.74) is 5.87. The quantitative estimate of drug-likeness (QED) is 0.100. The largest absolute Gasteiger partial charge is 0.363 e. The summed E-state index contributed by atoms with van der Waals surface area (Å²) in [5.74, 6) is 0. The van der Waals surface area contributed by atoms with E-state index in [4.69, 9.17) is 0 Å². The fraction of sp³-hybridized carbons (Fsp3) is 0.233. The summed E-state index contributed by atoms with van der Waals surface area (Å²) in [4.78, 5) is 15.4. The van der Waals surface area contributed by atoms with Gasteiger partial charge in [0.05, 0.1) is 37.5 Å². The second-order valence-electron chi connectivity index (χ2n) is 10.2. The molecule has 12 heteroatoms. The average Bonchev–Trinajstić information content (AvgIpc) is 3.76. The predicted octanol–water partition coefficient (Wildman–Crippen LogP) is 10.1. The third-order valence-electron chi connectivity index (χ3n) is 7.25. The first kappa shape index (κ1) is 27.6. The minimum atomic E-state index is -0.431. The SMILES string of the molecule is Cc1cc(N(C)c2ccc(N3CCCC3)s2)ccc1/N=N/c1ccc(/N=N/c2snc3ccc([N+](=O)[O-])cc23)c(C)c1. The highest BCUT2D eigenvalue weighted by Gasteiger charge is 2.16. The van der Waals surface area contributed by atoms with Gasteiger partial charge >= 0.3 is 0 Å². The summed E-state index contributed by atoms with van der Waals surface area (Å²) in [5, 5.41) is 32.5. The van der Waals surface area contributed by atoms with Crippen LogP contribution in [0.3, 0.4) is 0 Å². The van der Waals surface area contributed by atoms with E-state index in [1.807, 2.05) is 49.4 Å². The highest BCUT2D eigenvalue weighted by Crippen LogP contribution is 2.38. The van der Waals surface area contributed by atoms with E-state index in [-0.39, 0.29) is 5.69 Å². The Hall–Kier alpha value is -4.55. The van der Waals surface area contributed by atoms with Gasteiger partial charge in [-0.05, 0) is 104 Å². The topological polar surface area (TPSA) is 112 Å². The van der Waals surface area contributed by atoms with Crippen LogP contribution in [0.5, 0.6) is 0 Å². The molecule has 0 bridgehead atoms. The summed E-state index contributed by atoms with van der Waals surface area (Å²) in [6.07, 6.45) is 2.54. The number of non-ortho nitro benzene ring substituents is 1. The number of rotatable bonds is 8. The number of anilines is 3. The van der Waals surface area contributed by atoms with Crippen LogP contribution in [0.15, 0.2) is 87.2 Å². The molecule has 3 heterocycles. The Bertz CT molecular complexity index is 1840. The molecule has 42 heavy (non-hydrogen) atoms. The molecule has 2 aromatic heterocycles. The monoisotopic (exact) mass is 596 g/mol. The molecular weight excluding hydrogens is 569 g/mol. The molecule has 3 aromatic carbocycles. The van der Waals surface area contributed by atoms with E-state index in [9.17, 15) is 10.1 Å². The van der Waals surface area contributed by atoms with Gasteiger partial charge in [-0.1, -0.05) is 0 Å². The Labute approximate surface area is 251 Å². The van der Waals surface area contributed by atoms with Gasteiger partial charge in [-0.15, -0.1) is 21.6 Å². The molecule has 0 atom stereocenters. The Morgan fingerprint density at radius 3 is 2.36 bits per heavy atom. The number of nitro benzene ring substituents is 1. The van der Waals surface area contributed by atoms with Crippen LogP contribution in [0, 0.1) is 24.0 Å². The van der Waals surface area contributed by atoms with E-state index >= 15 is 0 Å². The lowest BCUT2D eigenvalue weighted by atomic mass is 10.1. The number of fused-ring (bicyclic) bond motifs is 1. The Morgan fingerprint density at radius 1 is 0.881 bits per heavy atom. The second kappa shape index (κ2) is 11.7. The van der Waals surface area contributed by atoms with Crippen molar-refractivity contribution >= 4 is 77.2 Å². The van der Waals surface area contributed by atoms with Crippen molar-refractivity contribution in [2.24, 2.45) is 20.5 Å². The lowest BCUT2D eigenvalue weighted by Crippen LogP contribution is -2.15. The number of aromatic nitrogens is 1. The van der Waals surface area contributed by atoms with Crippen molar-refractivity contribution in [1.82, 2.24) is 4.37 Å². The van der Waals surface area contributed by atoms with E-state index in [0.29, 0.717) is 27.3 Å². The zero-order valence-corrected chi connectivity index (χ0v) is 25.0. The smallest absolute Gasteiger partial charge is 0.270 e. The van der Waals surface area contributed by atoms with Crippen LogP contribution in [0.1, 0.15) is 24.0 Å². The van der Waals surface area contributed by atoms with E-state index in [0.717, 1.165) is 47.1 Å². The molecule has 5 aromatic rings. The Morgan fingerprint density at radius 2 is 1.62 bits per heavy atom. The summed E-state index contributed by atoms with van der Waals surface area (Å²) in [6.45, 7) is 6.27. The second-order valence-corrected chi connectivity index (χ2v) is 11.9. The van der Waals surface area contributed by atoms with Gasteiger partial charge < -0.3 is 9.80 Å². The number of azo groups is 2. The van der Waals surface area contributed by atoms with Crippen molar-refractivity contribution in [3.05, 3.63) is 88.0 Å². The number of hydrogen-bond donors (Lipinski definition) is 0. The van der Waals surface area contributed by atoms with E-state index in [2.05, 4.69) is 65.9 Å². The Kier molecular flexibility index (Phi) is 7.72. The van der Waals surface area contributed by atoms with Gasteiger partial charge in [-0.3, -0.25) is 10.1 Å². The maximum Gasteiger partial charge on any atom is 0.270 e. The number of aryl methyl sites for hydroxylation is 2. The lowest BCUT2D eigenvalue weighted by molar-refractivity contribution is -0.384. The van der Waals surface area contributed by atoms with Crippen molar-refractivity contribution < 1.29 is 4.92 Å². The molecule has 0 aliphatic carbocycles. The first-order chi connectivity index (χ1) is 20.4. The van der Waals surface area contributed by atoms with Gasteiger partial charge in [0.1, 0.15) is 0 Å². The standard InChI is InChI=1S/C30H28N8O2S2/c1-19-16-21(6-9-25(19)33-34-30-24-18-23(38(39)40)8-11-27(24)35-42-30)31-32-26-10-7-22(17-20(26)2)36(3)28-12-13-29(41-28)37-14-4-5-15-37/h6-13,16-18H,4-5,14-15H2,1-3H3/b32-31+,34-33+. The van der Waals surface area contributed by atoms with E-state index in [1.165, 1.54) is 35.0 Å². The van der Waals surface area contributed by atoms with Crippen LogP contribution in [-0.2, 0) is 0 Å². The highest BCUT2D eigenvalue weighted by atomic mass is 32.1. The number of hydrogen-bond acceptors (Lipinski definition) is 11. The molecule has 1 aliphatic rings. The molecule has 1 fully saturated rings. The molecule has 0 amide bonds. The van der Waals surface area contributed by atoms with Crippen LogP contribution in [0.4, 0.5) is 43.4 Å². The normalized spacial score (nSPS) is 13.6. The van der Waals surface area contributed by atoms with Crippen molar-refractivity contribution in [2.75, 3.05) is 29.9 Å². The molecule has 0 spiro atoms. The highest BCUT2D eigenvalue weighted by molar-refractivity contribution is 7.20. The summed E-state index contributed by atoms with van der Waals surface area (Å²) >= 11 is 2.98. The van der Waals surface area contributed by atoms with Crippen molar-refractivity contribution in [2.45, 2.75) is 26.7 Å². The molecule has 0 N–H and O–H groups in total. The fourth-order valence-corrected chi connectivity index (χ4v) is 6.54. The van der Waals surface area contributed by atoms with E-state index < -0.39 is 4.92 Å². The molecule has 0 unspecified atom stereocenters. The third-order valence-corrected chi connectivity index (χ3v) is 9.23. The molecule has 6 rings (SSSR count). The van der Waals surface area contributed by atoms with Crippen LogP contribution in [0.25, 0.3) is 10.9 Å². The molecule has 0 saturated carbocycles. The van der Waals surface area contributed by atoms with Crippen LogP contribution in [-0.4, -0.2) is 29.4 Å². The minimum absolute atomic E-state index is 0.00374. The van der Waals surface area contributed by atoms with Crippen molar-refractivity contribution in [3.8, 4) is 0 Å². The zero-order valence-electron chi connectivity index (χ0n) is 23.4. The van der Waals surface area contributed by atoms with Crippen molar-refractivity contribution in [3.63, 3.8) is 0 Å². The number of nitro groups is 1. The molecule has 1 aliphatic heterocycles. The van der Waals surface area contributed by atoms with Gasteiger partial charge in [-0.25, -0.2) is 0 Å². The molecular formula is C30H28N8O2S2. The summed E-state index contributed by atoms with van der Waals surface area (Å²) in [6, 6.07) is 20.7. The fourth-order valence-electron chi connectivity index (χ4n) is 4.82. The summed E-state index contributed by atoms with van der Waals surface area (Å²) in [7, 11) is 2.10. The maximum atomic E-state index is 11.1. The lowest BCUT2D eigenvalue weighted by Gasteiger charge is -2.19. The maximum absolute atomic E-state index is 11.1. The van der Waals surface area contributed by atoms with Gasteiger partial charge in [0.25, 0.3) is 5.69 Å². The molecule has 212 valence electrons. The van der Waals surface area contributed by atoms with Crippen LogP contribution >= 0.6 is 22.9 Å². The van der Waals surface area contributed by atoms with Gasteiger partial charge in [0.15, 0.2) is 5.00 Å². The van der Waals surface area contributed by atoms with E-state index in [1.54, 1.807) is 6.07 Å². The first-order valence-corrected chi connectivity index (χ1v) is 15.1. The van der Waals surface area contributed by atoms with Crippen molar-refractivity contribution in [1.29, 1.82) is 0 Å². The number of benzene rings is 3. The molecule has 0 radical (unpaired) electrons. The summed E-state index contributed by atoms with van der Waals surface area (Å²) < 4.78 is 4.31. The number of thiophene rings is 1. The Balaban J connectivity index is 1.14. The predicted molar refractivity (Wildman–Crippen MR) is 171 cm³/mol. The van der Waals surface area contributed by atoms with Gasteiger partial charge in [0, 0.05) is 43.3 Å². The van der Waals surface area contributed by atoms with Crippen LogP contribution in [0.2, 0.25) is 0 Å². The zero-order chi connectivity index (χ0) is 29.2. The molecule has 1 saturated heterocycles. The first-order valence-electron chi connectivity index (χ1n) is 13.5.